The lowest BCUT2D eigenvalue weighted by atomic mass is 9.71. The molecule has 4 heteroatoms. The summed E-state index contributed by atoms with van der Waals surface area (Å²) in [5.41, 5.74) is -0.412. The Morgan fingerprint density at radius 3 is 2.83 bits per heavy atom. The van der Waals surface area contributed by atoms with E-state index in [0.717, 1.165) is 25.0 Å². The molecule has 0 spiro atoms. The Morgan fingerprint density at radius 1 is 1.39 bits per heavy atom. The van der Waals surface area contributed by atoms with E-state index in [1.165, 1.54) is 6.07 Å². The molecule has 2 aliphatic heterocycles. The topological polar surface area (TPSA) is 33.0 Å². The minimum atomic E-state index is -0.683. The van der Waals surface area contributed by atoms with Gasteiger partial charge in [0.05, 0.1) is 23.7 Å². The normalized spacial score (nSPS) is 33.6. The van der Waals surface area contributed by atoms with Crippen LogP contribution in [0.2, 0.25) is 0 Å². The average Bonchev–Trinajstić information content (AvgIpc) is 2.94. The molecule has 1 aromatic carbocycles. The average molecular weight is 249 g/mol. The summed E-state index contributed by atoms with van der Waals surface area (Å²) in [6, 6.07) is 5.68. The van der Waals surface area contributed by atoms with Crippen LogP contribution in [-0.4, -0.2) is 12.2 Å². The molecular formula is C14H13F2NO. The van der Waals surface area contributed by atoms with E-state index in [4.69, 9.17) is 4.74 Å². The van der Waals surface area contributed by atoms with E-state index in [-0.39, 0.29) is 24.2 Å². The second kappa shape index (κ2) is 4.03. The highest BCUT2D eigenvalue weighted by molar-refractivity contribution is 5.25. The number of nitriles is 1. The van der Waals surface area contributed by atoms with Crippen LogP contribution in [0.25, 0.3) is 0 Å². The zero-order chi connectivity index (χ0) is 12.8. The van der Waals surface area contributed by atoms with Crippen molar-refractivity contribution in [3.05, 3.63) is 35.4 Å². The molecule has 3 unspecified atom stereocenters. The van der Waals surface area contributed by atoms with Crippen molar-refractivity contribution in [2.45, 2.75) is 37.9 Å². The van der Waals surface area contributed by atoms with Crippen LogP contribution < -0.4 is 0 Å². The molecular weight excluding hydrogens is 236 g/mol. The highest BCUT2D eigenvalue weighted by atomic mass is 19.1. The molecule has 2 heterocycles. The van der Waals surface area contributed by atoms with E-state index in [0.29, 0.717) is 6.42 Å². The third kappa shape index (κ3) is 1.70. The fraction of sp³-hybridized carbons (Fsp3) is 0.500. The van der Waals surface area contributed by atoms with Gasteiger partial charge in [-0.25, -0.2) is 8.78 Å². The largest absolute Gasteiger partial charge is 0.373 e. The first-order chi connectivity index (χ1) is 8.63. The number of rotatable bonds is 2. The van der Waals surface area contributed by atoms with E-state index in [1.807, 2.05) is 0 Å². The Labute approximate surface area is 104 Å². The van der Waals surface area contributed by atoms with Crippen LogP contribution >= 0.6 is 0 Å². The van der Waals surface area contributed by atoms with Gasteiger partial charge in [-0.3, -0.25) is 0 Å². The molecule has 2 saturated heterocycles. The summed E-state index contributed by atoms with van der Waals surface area (Å²) in [5, 5.41) is 9.41. The number of hydrogen-bond donors (Lipinski definition) is 0. The van der Waals surface area contributed by atoms with Gasteiger partial charge in [-0.1, -0.05) is 0 Å². The smallest absolute Gasteiger partial charge is 0.126 e. The molecule has 0 aromatic heterocycles. The maximum Gasteiger partial charge on any atom is 0.126 e. The minimum Gasteiger partial charge on any atom is -0.373 e. The second-order valence-electron chi connectivity index (χ2n) is 5.21. The molecule has 18 heavy (non-hydrogen) atoms. The number of halogens is 2. The predicted octanol–water partition coefficient (Wildman–Crippen LogP) is 2.97. The summed E-state index contributed by atoms with van der Waals surface area (Å²) in [5.74, 6) is -0.919. The van der Waals surface area contributed by atoms with Crippen molar-refractivity contribution in [1.29, 1.82) is 5.26 Å². The summed E-state index contributed by atoms with van der Waals surface area (Å²) < 4.78 is 32.5. The third-order valence-corrected chi connectivity index (χ3v) is 4.05. The highest BCUT2D eigenvalue weighted by Gasteiger charge is 2.53. The van der Waals surface area contributed by atoms with Crippen LogP contribution in [0.1, 0.15) is 24.8 Å². The fourth-order valence-electron chi connectivity index (χ4n) is 3.16. The van der Waals surface area contributed by atoms with Crippen molar-refractivity contribution in [1.82, 2.24) is 0 Å². The zero-order valence-electron chi connectivity index (χ0n) is 9.83. The van der Waals surface area contributed by atoms with Gasteiger partial charge < -0.3 is 4.74 Å². The SMILES string of the molecule is N#CC1(Cc2cc(F)ccc2F)CC2CCC1O2. The van der Waals surface area contributed by atoms with Crippen molar-refractivity contribution >= 4 is 0 Å². The Morgan fingerprint density at radius 2 is 2.22 bits per heavy atom. The van der Waals surface area contributed by atoms with Gasteiger partial charge in [0.2, 0.25) is 0 Å². The van der Waals surface area contributed by atoms with Gasteiger partial charge in [0.15, 0.2) is 0 Å². The molecule has 0 N–H and O–H groups in total. The fourth-order valence-corrected chi connectivity index (χ4v) is 3.16. The van der Waals surface area contributed by atoms with Crippen LogP contribution in [0.4, 0.5) is 8.78 Å². The molecule has 1 aromatic rings. The lowest BCUT2D eigenvalue weighted by molar-refractivity contribution is 0.0785. The standard InChI is InChI=1S/C14H13F2NO/c15-10-1-3-12(16)9(5-10)6-14(8-17)7-11-2-4-13(14)18-11/h1,3,5,11,13H,2,4,6-7H2. The Balaban J connectivity index is 1.91. The van der Waals surface area contributed by atoms with E-state index in [1.54, 1.807) is 0 Å². The van der Waals surface area contributed by atoms with Gasteiger partial charge in [0.1, 0.15) is 11.6 Å². The van der Waals surface area contributed by atoms with Crippen LogP contribution in [-0.2, 0) is 11.2 Å². The molecule has 0 radical (unpaired) electrons. The van der Waals surface area contributed by atoms with Gasteiger partial charge in [-0.2, -0.15) is 5.26 Å². The van der Waals surface area contributed by atoms with Gasteiger partial charge in [0.25, 0.3) is 0 Å². The Hall–Kier alpha value is -1.47. The lowest BCUT2D eigenvalue weighted by Gasteiger charge is -2.28. The predicted molar refractivity (Wildman–Crippen MR) is 60.6 cm³/mol. The first-order valence-electron chi connectivity index (χ1n) is 6.14. The summed E-state index contributed by atoms with van der Waals surface area (Å²) in [6.07, 6.45) is 2.66. The van der Waals surface area contributed by atoms with Crippen LogP contribution in [0.5, 0.6) is 0 Å². The molecule has 2 fully saturated rings. The first kappa shape index (κ1) is 11.6. The van der Waals surface area contributed by atoms with Crippen LogP contribution in [0, 0.1) is 28.4 Å². The Bertz CT molecular complexity index is 525. The summed E-state index contributed by atoms with van der Waals surface area (Å²) in [4.78, 5) is 0. The Kier molecular flexibility index (Phi) is 2.60. The van der Waals surface area contributed by atoms with Crippen LogP contribution in [0.15, 0.2) is 18.2 Å². The number of ether oxygens (including phenoxy) is 1. The van der Waals surface area contributed by atoms with Crippen molar-refractivity contribution in [2.24, 2.45) is 5.41 Å². The first-order valence-corrected chi connectivity index (χ1v) is 6.14. The van der Waals surface area contributed by atoms with Crippen LogP contribution in [0.3, 0.4) is 0 Å². The molecule has 2 nitrogen and oxygen atoms in total. The molecule has 94 valence electrons. The van der Waals surface area contributed by atoms with Crippen molar-refractivity contribution in [3.8, 4) is 6.07 Å². The van der Waals surface area contributed by atoms with Gasteiger partial charge >= 0.3 is 0 Å². The monoisotopic (exact) mass is 249 g/mol. The lowest BCUT2D eigenvalue weighted by Crippen LogP contribution is -2.33. The quantitative estimate of drug-likeness (QED) is 0.807. The van der Waals surface area contributed by atoms with E-state index in [2.05, 4.69) is 6.07 Å². The summed E-state index contributed by atoms with van der Waals surface area (Å²) in [7, 11) is 0. The molecule has 2 bridgehead atoms. The molecule has 0 amide bonds. The maximum atomic E-state index is 13.7. The summed E-state index contributed by atoms with van der Waals surface area (Å²) in [6.45, 7) is 0. The molecule has 2 aliphatic rings. The van der Waals surface area contributed by atoms with Crippen molar-refractivity contribution in [2.75, 3.05) is 0 Å². The summed E-state index contributed by atoms with van der Waals surface area (Å²) >= 11 is 0. The number of nitrogens with zero attached hydrogens (tertiary/aromatic N) is 1. The van der Waals surface area contributed by atoms with Gasteiger partial charge in [0, 0.05) is 0 Å². The van der Waals surface area contributed by atoms with Crippen molar-refractivity contribution in [3.63, 3.8) is 0 Å². The van der Waals surface area contributed by atoms with E-state index in [9.17, 15) is 14.0 Å². The van der Waals surface area contributed by atoms with Gasteiger partial charge in [-0.15, -0.1) is 0 Å². The highest BCUT2D eigenvalue weighted by Crippen LogP contribution is 2.49. The van der Waals surface area contributed by atoms with Gasteiger partial charge in [-0.05, 0) is 49.4 Å². The number of benzene rings is 1. The zero-order valence-corrected chi connectivity index (χ0v) is 9.83. The molecule has 0 aliphatic carbocycles. The number of fused-ring (bicyclic) bond motifs is 2. The number of hydrogen-bond acceptors (Lipinski definition) is 2. The van der Waals surface area contributed by atoms with Crippen molar-refractivity contribution < 1.29 is 13.5 Å². The minimum absolute atomic E-state index is 0.117. The second-order valence-corrected chi connectivity index (χ2v) is 5.21. The van der Waals surface area contributed by atoms with E-state index >= 15 is 0 Å². The molecule has 0 saturated carbocycles. The third-order valence-electron chi connectivity index (χ3n) is 4.05. The molecule has 3 atom stereocenters. The molecule has 3 rings (SSSR count). The van der Waals surface area contributed by atoms with E-state index < -0.39 is 17.0 Å². The maximum absolute atomic E-state index is 13.7.